The van der Waals surface area contributed by atoms with Gasteiger partial charge in [0.1, 0.15) is 0 Å². The quantitative estimate of drug-likeness (QED) is 0.256. The molecule has 0 saturated carbocycles. The summed E-state index contributed by atoms with van der Waals surface area (Å²) in [5.74, 6) is -0.378. The number of aryl methyl sites for hydroxylation is 2. The van der Waals surface area contributed by atoms with Gasteiger partial charge in [-0.25, -0.2) is 0 Å². The van der Waals surface area contributed by atoms with Gasteiger partial charge in [0.2, 0.25) is 0 Å². The summed E-state index contributed by atoms with van der Waals surface area (Å²) in [4.78, 5) is 19.0. The van der Waals surface area contributed by atoms with E-state index in [-0.39, 0.29) is 22.8 Å². The van der Waals surface area contributed by atoms with Crippen molar-refractivity contribution >= 4 is 5.78 Å². The van der Waals surface area contributed by atoms with Crippen molar-refractivity contribution in [2.75, 3.05) is 39.3 Å². The Hall–Kier alpha value is -2.43. The van der Waals surface area contributed by atoms with E-state index in [4.69, 9.17) is 0 Å². The minimum absolute atomic E-state index is 0.115. The highest BCUT2D eigenvalue weighted by molar-refractivity contribution is 5.86. The molecule has 1 N–H and O–H groups in total. The minimum Gasteiger partial charge on any atom is -0.307 e. The van der Waals surface area contributed by atoms with Gasteiger partial charge in [-0.3, -0.25) is 4.79 Å². The van der Waals surface area contributed by atoms with Gasteiger partial charge in [0.25, 0.3) is 0 Å². The predicted octanol–water partition coefficient (Wildman–Crippen LogP) is 8.38. The van der Waals surface area contributed by atoms with E-state index in [1.165, 1.54) is 49.0 Å². The Morgan fingerprint density at radius 3 is 2.08 bits per heavy atom. The highest BCUT2D eigenvalue weighted by Gasteiger charge is 2.41. The second-order valence-electron chi connectivity index (χ2n) is 14.3. The van der Waals surface area contributed by atoms with Crippen LogP contribution < -0.4 is 5.32 Å². The molecule has 3 aliphatic rings. The van der Waals surface area contributed by atoms with Gasteiger partial charge in [0.15, 0.2) is 5.78 Å². The average molecular weight is 680 g/mol. The van der Waals surface area contributed by atoms with Crippen LogP contribution in [0.25, 0.3) is 0 Å². The number of hydrogen-bond donors (Lipinski definition) is 1. The van der Waals surface area contributed by atoms with E-state index in [9.17, 15) is 31.1 Å². The van der Waals surface area contributed by atoms with Crippen LogP contribution in [0.1, 0.15) is 105 Å². The SMILES string of the molecule is CCc1ccc(C2(CCN3CCC(N4CCCCC4)CC3)CCCNC(C(=O)Cc3cc(C(F)(F)F)cc(C(F)(F)F)c3)C2)cc1CC. The number of halogens is 6. The lowest BCUT2D eigenvalue weighted by Crippen LogP contribution is -2.48. The minimum atomic E-state index is -4.96. The van der Waals surface area contributed by atoms with E-state index in [0.717, 1.165) is 64.6 Å². The van der Waals surface area contributed by atoms with Crippen LogP contribution in [0.15, 0.2) is 36.4 Å². The number of benzene rings is 2. The number of carbonyl (C=O) groups is 1. The molecule has 0 amide bonds. The lowest BCUT2D eigenvalue weighted by atomic mass is 9.69. The molecular formula is C38H51F6N3O. The Kier molecular flexibility index (Phi) is 12.0. The van der Waals surface area contributed by atoms with Crippen LogP contribution in [0, 0.1) is 0 Å². The molecule has 2 aromatic rings. The van der Waals surface area contributed by atoms with E-state index in [1.54, 1.807) is 0 Å². The third kappa shape index (κ3) is 9.02. The van der Waals surface area contributed by atoms with Gasteiger partial charge in [-0.2, -0.15) is 26.3 Å². The summed E-state index contributed by atoms with van der Waals surface area (Å²) in [7, 11) is 0. The number of carbonyl (C=O) groups excluding carboxylic acids is 1. The molecule has 2 unspecified atom stereocenters. The van der Waals surface area contributed by atoms with Crippen LogP contribution in [0.5, 0.6) is 0 Å². The molecule has 10 heteroatoms. The molecule has 5 rings (SSSR count). The zero-order valence-electron chi connectivity index (χ0n) is 28.4. The largest absolute Gasteiger partial charge is 0.416 e. The third-order valence-electron chi connectivity index (χ3n) is 11.2. The maximum atomic E-state index is 13.8. The second-order valence-corrected chi connectivity index (χ2v) is 14.3. The number of hydrogen-bond acceptors (Lipinski definition) is 4. The number of nitrogens with zero attached hydrogens (tertiary/aromatic N) is 2. The van der Waals surface area contributed by atoms with Crippen LogP contribution in [0.2, 0.25) is 0 Å². The van der Waals surface area contributed by atoms with Crippen LogP contribution in [0.3, 0.4) is 0 Å². The maximum Gasteiger partial charge on any atom is 0.416 e. The predicted molar refractivity (Wildman–Crippen MR) is 177 cm³/mol. The van der Waals surface area contributed by atoms with Crippen molar-refractivity contribution in [2.24, 2.45) is 0 Å². The molecule has 0 aromatic heterocycles. The molecule has 266 valence electrons. The standard InChI is InChI=1S/C38H51F6N3O/c1-3-28-9-10-30(24-29(28)4-2)36(14-20-46-18-11-33(12-19-46)47-16-6-5-7-17-47)13-8-15-45-34(26-36)35(48)23-27-21-31(37(39,40)41)25-32(22-27)38(42,43)44/h9-10,21-22,24-25,33-34,45H,3-8,11-20,23,26H2,1-2H3. The average Bonchev–Trinajstić information content (AvgIpc) is 3.30. The smallest absolute Gasteiger partial charge is 0.307 e. The monoisotopic (exact) mass is 679 g/mol. The molecule has 0 bridgehead atoms. The van der Waals surface area contributed by atoms with E-state index < -0.39 is 35.9 Å². The number of ketones is 1. The number of likely N-dealkylation sites (tertiary alicyclic amines) is 2. The summed E-state index contributed by atoms with van der Waals surface area (Å²) in [6, 6.07) is 8.11. The molecule has 3 fully saturated rings. The molecule has 2 atom stereocenters. The summed E-state index contributed by atoms with van der Waals surface area (Å²) >= 11 is 0. The number of alkyl halides is 6. The third-order valence-corrected chi connectivity index (χ3v) is 11.2. The Morgan fingerprint density at radius 1 is 0.833 bits per heavy atom. The zero-order valence-corrected chi connectivity index (χ0v) is 28.4. The Bertz CT molecular complexity index is 1350. The fourth-order valence-corrected chi connectivity index (χ4v) is 8.37. The Labute approximate surface area is 281 Å². The van der Waals surface area contributed by atoms with Gasteiger partial charge in [-0.1, -0.05) is 38.5 Å². The molecule has 0 spiro atoms. The van der Waals surface area contributed by atoms with Crippen molar-refractivity contribution < 1.29 is 31.1 Å². The van der Waals surface area contributed by atoms with Crippen LogP contribution in [-0.2, 0) is 41.8 Å². The number of Topliss-reactive ketones (excluding diaryl/α,β-unsaturated/α-hetero) is 1. The van der Waals surface area contributed by atoms with Gasteiger partial charge in [0, 0.05) is 12.5 Å². The molecule has 3 saturated heterocycles. The first-order valence-corrected chi connectivity index (χ1v) is 17.9. The fraction of sp³-hybridized carbons (Fsp3) is 0.658. The van der Waals surface area contributed by atoms with Gasteiger partial charge in [-0.15, -0.1) is 0 Å². The number of piperidine rings is 2. The maximum absolute atomic E-state index is 13.8. The zero-order chi connectivity index (χ0) is 34.5. The van der Waals surface area contributed by atoms with Gasteiger partial charge < -0.3 is 15.1 Å². The fourth-order valence-electron chi connectivity index (χ4n) is 8.37. The summed E-state index contributed by atoms with van der Waals surface area (Å²) in [5.41, 5.74) is 0.344. The summed E-state index contributed by atoms with van der Waals surface area (Å²) in [5, 5.41) is 3.33. The first-order chi connectivity index (χ1) is 22.8. The summed E-state index contributed by atoms with van der Waals surface area (Å²) in [6.45, 7) is 10.2. The normalized spacial score (nSPS) is 24.0. The molecule has 2 aromatic carbocycles. The Morgan fingerprint density at radius 2 is 1.48 bits per heavy atom. The molecule has 3 aliphatic heterocycles. The molecule has 3 heterocycles. The summed E-state index contributed by atoms with van der Waals surface area (Å²) in [6.07, 6.45) is 0.532. The van der Waals surface area contributed by atoms with Crippen LogP contribution >= 0.6 is 0 Å². The highest BCUT2D eigenvalue weighted by Crippen LogP contribution is 2.42. The van der Waals surface area contributed by atoms with E-state index in [0.29, 0.717) is 31.1 Å². The number of nitrogens with one attached hydrogen (secondary N) is 1. The number of rotatable bonds is 10. The van der Waals surface area contributed by atoms with Gasteiger partial charge in [-0.05, 0) is 149 Å². The molecular weight excluding hydrogens is 628 g/mol. The van der Waals surface area contributed by atoms with E-state index in [2.05, 4.69) is 47.2 Å². The van der Waals surface area contributed by atoms with Crippen molar-refractivity contribution in [1.82, 2.24) is 15.1 Å². The van der Waals surface area contributed by atoms with Gasteiger partial charge >= 0.3 is 12.4 Å². The topological polar surface area (TPSA) is 35.6 Å². The second kappa shape index (κ2) is 15.6. The van der Waals surface area contributed by atoms with Crippen molar-refractivity contribution in [2.45, 2.75) is 121 Å². The van der Waals surface area contributed by atoms with Crippen molar-refractivity contribution in [3.63, 3.8) is 0 Å². The van der Waals surface area contributed by atoms with Crippen LogP contribution in [-0.4, -0.2) is 66.9 Å². The van der Waals surface area contributed by atoms with Gasteiger partial charge in [0.05, 0.1) is 17.2 Å². The van der Waals surface area contributed by atoms with Crippen molar-refractivity contribution in [3.05, 3.63) is 69.8 Å². The lowest BCUT2D eigenvalue weighted by Gasteiger charge is -2.42. The first-order valence-electron chi connectivity index (χ1n) is 17.9. The van der Waals surface area contributed by atoms with Crippen LogP contribution in [0.4, 0.5) is 26.3 Å². The van der Waals surface area contributed by atoms with Crippen molar-refractivity contribution in [1.29, 1.82) is 0 Å². The molecule has 0 aliphatic carbocycles. The summed E-state index contributed by atoms with van der Waals surface area (Å²) < 4.78 is 81.4. The van der Waals surface area contributed by atoms with E-state index >= 15 is 0 Å². The lowest BCUT2D eigenvalue weighted by molar-refractivity contribution is -0.143. The first kappa shape index (κ1) is 36.8. The molecule has 4 nitrogen and oxygen atoms in total. The highest BCUT2D eigenvalue weighted by atomic mass is 19.4. The van der Waals surface area contributed by atoms with Crippen molar-refractivity contribution in [3.8, 4) is 0 Å². The molecule has 48 heavy (non-hydrogen) atoms. The Balaban J connectivity index is 1.38. The molecule has 0 radical (unpaired) electrons. The van der Waals surface area contributed by atoms with E-state index in [1.807, 2.05) is 0 Å².